The van der Waals surface area contributed by atoms with E-state index in [4.69, 9.17) is 4.74 Å². The molecule has 0 aromatic carbocycles. The van der Waals surface area contributed by atoms with Crippen LogP contribution in [0.4, 0.5) is 0 Å². The van der Waals surface area contributed by atoms with E-state index in [1.807, 2.05) is 24.7 Å². The van der Waals surface area contributed by atoms with E-state index in [0.717, 1.165) is 55.0 Å². The molecule has 1 spiro atoms. The molecule has 216 valence electrons. The summed E-state index contributed by atoms with van der Waals surface area (Å²) in [5.41, 5.74) is 5.28. The number of dihydropyridines is 1. The first-order chi connectivity index (χ1) is 20.7. The number of fused-ring (bicyclic) bond motifs is 3. The summed E-state index contributed by atoms with van der Waals surface area (Å²) in [5, 5.41) is 21.7. The third-order valence-corrected chi connectivity index (χ3v) is 10.3. The molecular formula is C33H38N8O. The fraction of sp³-hybridized carbons (Fsp3) is 0.485. The van der Waals surface area contributed by atoms with Crippen LogP contribution in [0.25, 0.3) is 11.1 Å². The molecule has 3 aromatic rings. The smallest absolute Gasteiger partial charge is 0.138 e. The van der Waals surface area contributed by atoms with Crippen LogP contribution in [0.5, 0.6) is 5.75 Å². The van der Waals surface area contributed by atoms with Gasteiger partial charge in [0.2, 0.25) is 0 Å². The van der Waals surface area contributed by atoms with Crippen molar-refractivity contribution in [1.82, 2.24) is 35.0 Å². The maximum Gasteiger partial charge on any atom is 0.138 e. The molecule has 3 aromatic heterocycles. The maximum atomic E-state index is 9.80. The quantitative estimate of drug-likeness (QED) is 0.430. The Kier molecular flexibility index (Phi) is 6.42. The van der Waals surface area contributed by atoms with Crippen LogP contribution in [0.3, 0.4) is 0 Å². The van der Waals surface area contributed by atoms with E-state index in [1.165, 1.54) is 43.5 Å². The van der Waals surface area contributed by atoms with E-state index in [-0.39, 0.29) is 0 Å². The third-order valence-electron chi connectivity index (χ3n) is 10.3. The molecule has 6 aliphatic rings. The zero-order valence-electron chi connectivity index (χ0n) is 24.0. The van der Waals surface area contributed by atoms with E-state index in [1.54, 1.807) is 10.7 Å². The molecule has 5 fully saturated rings. The maximum absolute atomic E-state index is 9.80. The van der Waals surface area contributed by atoms with Gasteiger partial charge in [-0.1, -0.05) is 12.1 Å². The Balaban J connectivity index is 0.960. The molecule has 3 unspecified atom stereocenters. The minimum Gasteiger partial charge on any atom is -0.492 e. The second kappa shape index (κ2) is 10.4. The average Bonchev–Trinajstić information content (AvgIpc) is 3.65. The first-order valence-electron chi connectivity index (χ1n) is 15.5. The lowest BCUT2D eigenvalue weighted by Gasteiger charge is -2.57. The molecule has 4 saturated heterocycles. The highest BCUT2D eigenvalue weighted by atomic mass is 16.5. The number of allylic oxidation sites excluding steroid dienone is 2. The molecule has 8 heterocycles. The second-order valence-corrected chi connectivity index (χ2v) is 12.9. The van der Waals surface area contributed by atoms with Crippen LogP contribution in [0.1, 0.15) is 55.2 Å². The lowest BCUT2D eigenvalue weighted by molar-refractivity contribution is -0.0660. The number of hydrogen-bond acceptors (Lipinski definition) is 8. The molecule has 9 rings (SSSR count). The number of aromatic nitrogens is 3. The molecule has 9 nitrogen and oxygen atoms in total. The number of nitrogens with zero attached hydrogens (tertiary/aromatic N) is 6. The first-order valence-corrected chi connectivity index (χ1v) is 15.5. The van der Waals surface area contributed by atoms with Gasteiger partial charge < -0.3 is 20.3 Å². The summed E-state index contributed by atoms with van der Waals surface area (Å²) in [6.07, 6.45) is 19.4. The summed E-state index contributed by atoms with van der Waals surface area (Å²) in [4.78, 5) is 9.40. The van der Waals surface area contributed by atoms with E-state index < -0.39 is 0 Å². The van der Waals surface area contributed by atoms with Gasteiger partial charge in [0.1, 0.15) is 17.6 Å². The fourth-order valence-corrected chi connectivity index (χ4v) is 7.82. The van der Waals surface area contributed by atoms with Gasteiger partial charge in [0, 0.05) is 61.8 Å². The number of piperazine rings is 1. The molecule has 3 atom stereocenters. The highest BCUT2D eigenvalue weighted by Crippen LogP contribution is 2.42. The Morgan fingerprint density at radius 2 is 2.07 bits per heavy atom. The SMILES string of the molecule is N#Cc1cnn2cc(OCCC3CNC4(CCC4)C3)cc(C3=CC=C(N4CC5CC(C4)N5Cc4cccnc4)NC3)c12. The van der Waals surface area contributed by atoms with E-state index in [9.17, 15) is 5.26 Å². The Labute approximate surface area is 246 Å². The predicted molar refractivity (Wildman–Crippen MR) is 160 cm³/mol. The van der Waals surface area contributed by atoms with Gasteiger partial charge in [0.25, 0.3) is 0 Å². The molecule has 1 aliphatic carbocycles. The van der Waals surface area contributed by atoms with Gasteiger partial charge in [-0.25, -0.2) is 4.52 Å². The van der Waals surface area contributed by atoms with Gasteiger partial charge in [-0.05, 0) is 80.3 Å². The van der Waals surface area contributed by atoms with Crippen LogP contribution in [-0.4, -0.2) is 74.8 Å². The Morgan fingerprint density at radius 3 is 2.79 bits per heavy atom. The van der Waals surface area contributed by atoms with E-state index in [2.05, 4.69) is 60.9 Å². The molecular weight excluding hydrogens is 524 g/mol. The van der Waals surface area contributed by atoms with Crippen molar-refractivity contribution < 1.29 is 4.74 Å². The van der Waals surface area contributed by atoms with Crippen molar-refractivity contribution >= 4 is 11.1 Å². The van der Waals surface area contributed by atoms with Crippen LogP contribution in [0, 0.1) is 17.2 Å². The predicted octanol–water partition coefficient (Wildman–Crippen LogP) is 3.69. The van der Waals surface area contributed by atoms with E-state index in [0.29, 0.717) is 42.3 Å². The van der Waals surface area contributed by atoms with Crippen LogP contribution in [0.2, 0.25) is 0 Å². The number of hydrogen-bond donors (Lipinski definition) is 2. The van der Waals surface area contributed by atoms with Crippen molar-refractivity contribution in [2.24, 2.45) is 5.92 Å². The van der Waals surface area contributed by atoms with Crippen LogP contribution >= 0.6 is 0 Å². The summed E-state index contributed by atoms with van der Waals surface area (Å²) >= 11 is 0. The van der Waals surface area contributed by atoms with Crippen molar-refractivity contribution in [1.29, 1.82) is 5.26 Å². The van der Waals surface area contributed by atoms with Crippen molar-refractivity contribution in [2.45, 2.75) is 62.7 Å². The average molecular weight is 563 g/mol. The van der Waals surface area contributed by atoms with Gasteiger partial charge in [0.15, 0.2) is 0 Å². The van der Waals surface area contributed by atoms with Crippen molar-refractivity contribution in [3.05, 3.63) is 77.6 Å². The van der Waals surface area contributed by atoms with Crippen LogP contribution < -0.4 is 15.4 Å². The monoisotopic (exact) mass is 562 g/mol. The molecule has 5 aliphatic heterocycles. The van der Waals surface area contributed by atoms with Crippen molar-refractivity contribution in [2.75, 3.05) is 32.8 Å². The van der Waals surface area contributed by atoms with Crippen molar-refractivity contribution in [3.63, 3.8) is 0 Å². The molecule has 2 bridgehead atoms. The number of nitrogens with one attached hydrogen (secondary N) is 2. The Bertz CT molecular complexity index is 1570. The van der Waals surface area contributed by atoms with Crippen LogP contribution in [-0.2, 0) is 6.54 Å². The largest absolute Gasteiger partial charge is 0.492 e. The summed E-state index contributed by atoms with van der Waals surface area (Å²) in [6, 6.07) is 9.77. The number of rotatable bonds is 8. The van der Waals surface area contributed by atoms with Crippen LogP contribution in [0.15, 0.2) is 61.0 Å². The number of pyridine rings is 2. The summed E-state index contributed by atoms with van der Waals surface area (Å²) in [6.45, 7) is 5.54. The second-order valence-electron chi connectivity index (χ2n) is 12.9. The molecule has 42 heavy (non-hydrogen) atoms. The topological polar surface area (TPSA) is 93.8 Å². The van der Waals surface area contributed by atoms with Gasteiger partial charge in [-0.2, -0.15) is 10.4 Å². The lowest BCUT2D eigenvalue weighted by atomic mass is 9.74. The molecule has 1 saturated carbocycles. The Hall–Kier alpha value is -3.87. The molecule has 0 radical (unpaired) electrons. The highest BCUT2D eigenvalue weighted by molar-refractivity contribution is 5.84. The van der Waals surface area contributed by atoms with Crippen molar-refractivity contribution in [3.8, 4) is 11.8 Å². The third kappa shape index (κ3) is 4.63. The molecule has 2 N–H and O–H groups in total. The Morgan fingerprint density at radius 1 is 1.17 bits per heavy atom. The normalized spacial score (nSPS) is 26.2. The van der Waals surface area contributed by atoms with Gasteiger partial charge >= 0.3 is 0 Å². The van der Waals surface area contributed by atoms with E-state index >= 15 is 0 Å². The van der Waals surface area contributed by atoms with Gasteiger partial charge in [-0.3, -0.25) is 9.88 Å². The number of piperidine rings is 1. The summed E-state index contributed by atoms with van der Waals surface area (Å²) in [7, 11) is 0. The standard InChI is InChI=1S/C33H38N8O/c34-14-26-18-38-41-22-29(42-10-6-23-13-33(37-16-23)7-2-8-33)12-30(32(26)41)25-4-5-31(36-17-25)39-20-27-11-28(21-39)40(27)19-24-3-1-9-35-15-24/h1,3-5,9,12,15,18,22-23,27-28,36-37H,2,6-8,10-11,13,16-17,19-21H2. The lowest BCUT2D eigenvalue weighted by Crippen LogP contribution is -2.68. The zero-order valence-corrected chi connectivity index (χ0v) is 24.0. The molecule has 9 heteroatoms. The summed E-state index contributed by atoms with van der Waals surface area (Å²) in [5.74, 6) is 2.66. The molecule has 0 amide bonds. The minimum absolute atomic E-state index is 0.431. The first kappa shape index (κ1) is 25.8. The fourth-order valence-electron chi connectivity index (χ4n) is 7.82. The highest BCUT2D eigenvalue weighted by Gasteiger charge is 2.45. The number of ether oxygens (including phenoxy) is 1. The van der Waals surface area contributed by atoms with Gasteiger partial charge in [-0.15, -0.1) is 0 Å². The zero-order chi connectivity index (χ0) is 28.1. The minimum atomic E-state index is 0.431. The number of nitriles is 1. The van der Waals surface area contributed by atoms with Gasteiger partial charge in [0.05, 0.1) is 30.1 Å². The summed E-state index contributed by atoms with van der Waals surface area (Å²) < 4.78 is 8.11.